The van der Waals surface area contributed by atoms with Crippen LogP contribution < -0.4 is 5.43 Å². The van der Waals surface area contributed by atoms with Crippen LogP contribution >= 0.6 is 11.3 Å². The number of carbonyl (C=O) groups is 2. The van der Waals surface area contributed by atoms with Crippen molar-refractivity contribution in [2.45, 2.75) is 25.7 Å². The zero-order chi connectivity index (χ0) is 18.5. The van der Waals surface area contributed by atoms with Crippen LogP contribution in [0.1, 0.15) is 62.4 Å². The lowest BCUT2D eigenvalue weighted by Crippen LogP contribution is -2.21. The van der Waals surface area contributed by atoms with E-state index in [1.807, 2.05) is 0 Å². The van der Waals surface area contributed by atoms with E-state index in [9.17, 15) is 14.4 Å². The van der Waals surface area contributed by atoms with E-state index < -0.39 is 0 Å². The van der Waals surface area contributed by atoms with Crippen LogP contribution in [0.2, 0.25) is 0 Å². The van der Waals surface area contributed by atoms with Gasteiger partial charge in [0.05, 0.1) is 10.3 Å². The third-order valence-electron chi connectivity index (χ3n) is 5.39. The highest BCUT2D eigenvalue weighted by Gasteiger charge is 2.31. The predicted molar refractivity (Wildman–Crippen MR) is 108 cm³/mol. The molecular weight excluding hydrogens is 356 g/mol. The second-order valence-corrected chi connectivity index (χ2v) is 8.07. The normalized spacial score (nSPS) is 16.1. The summed E-state index contributed by atoms with van der Waals surface area (Å²) in [7, 11) is 0. The Morgan fingerprint density at radius 1 is 0.815 bits per heavy atom. The van der Waals surface area contributed by atoms with E-state index in [2.05, 4.69) is 6.08 Å². The maximum absolute atomic E-state index is 13.2. The minimum atomic E-state index is -0.170. The topological polar surface area (TPSA) is 51.2 Å². The van der Waals surface area contributed by atoms with Crippen LogP contribution in [-0.2, 0) is 0 Å². The molecule has 3 aromatic rings. The number of benzene rings is 2. The van der Waals surface area contributed by atoms with Gasteiger partial charge in [-0.2, -0.15) is 0 Å². The molecule has 132 valence electrons. The molecule has 27 heavy (non-hydrogen) atoms. The highest BCUT2D eigenvalue weighted by atomic mass is 32.1. The van der Waals surface area contributed by atoms with Gasteiger partial charge in [0.1, 0.15) is 0 Å². The van der Waals surface area contributed by atoms with Crippen molar-refractivity contribution in [3.8, 4) is 0 Å². The average Bonchev–Trinajstić information content (AvgIpc) is 2.72. The molecule has 0 fully saturated rings. The molecule has 3 nitrogen and oxygen atoms in total. The molecule has 0 amide bonds. The van der Waals surface area contributed by atoms with Crippen molar-refractivity contribution in [3.05, 3.63) is 85.9 Å². The predicted octanol–water partition coefficient (Wildman–Crippen LogP) is 4.99. The third kappa shape index (κ3) is 2.44. The number of allylic oxidation sites excluding steroid dienone is 2. The van der Waals surface area contributed by atoms with Gasteiger partial charge in [-0.3, -0.25) is 14.4 Å². The number of ketones is 2. The monoisotopic (exact) mass is 372 g/mol. The van der Waals surface area contributed by atoms with Gasteiger partial charge in [-0.25, -0.2) is 0 Å². The van der Waals surface area contributed by atoms with Gasteiger partial charge in [-0.1, -0.05) is 30.3 Å². The molecule has 0 saturated carbocycles. The molecular formula is C23H16O3S. The van der Waals surface area contributed by atoms with E-state index in [4.69, 9.17) is 0 Å². The molecule has 0 bridgehead atoms. The van der Waals surface area contributed by atoms with Crippen molar-refractivity contribution >= 4 is 38.6 Å². The highest BCUT2D eigenvalue weighted by molar-refractivity contribution is 7.19. The van der Waals surface area contributed by atoms with Crippen molar-refractivity contribution in [2.24, 2.45) is 0 Å². The summed E-state index contributed by atoms with van der Waals surface area (Å²) in [5, 5.41) is 0.513. The van der Waals surface area contributed by atoms with Crippen LogP contribution in [0.4, 0.5) is 0 Å². The molecule has 2 aromatic carbocycles. The Bertz CT molecular complexity index is 1230. The summed E-state index contributed by atoms with van der Waals surface area (Å²) in [5.74, 6) is -0.319. The lowest BCUT2D eigenvalue weighted by atomic mass is 9.83. The van der Waals surface area contributed by atoms with Crippen molar-refractivity contribution < 1.29 is 9.59 Å². The van der Waals surface area contributed by atoms with Crippen LogP contribution in [0.3, 0.4) is 0 Å². The first-order valence-corrected chi connectivity index (χ1v) is 9.95. The fraction of sp³-hybridized carbons (Fsp3) is 0.174. The highest BCUT2D eigenvalue weighted by Crippen LogP contribution is 2.37. The van der Waals surface area contributed by atoms with E-state index in [0.29, 0.717) is 32.3 Å². The number of fused-ring (bicyclic) bond motifs is 4. The largest absolute Gasteiger partial charge is 0.289 e. The summed E-state index contributed by atoms with van der Waals surface area (Å²) in [5.41, 5.74) is 2.73. The van der Waals surface area contributed by atoms with Gasteiger partial charge in [-0.15, -0.1) is 11.3 Å². The first-order valence-electron chi connectivity index (χ1n) is 9.14. The second kappa shape index (κ2) is 6.10. The Morgan fingerprint density at radius 2 is 1.59 bits per heavy atom. The minimum Gasteiger partial charge on any atom is -0.289 e. The minimum absolute atomic E-state index is 0.0906. The molecule has 0 atom stereocenters. The van der Waals surface area contributed by atoms with E-state index in [0.717, 1.165) is 24.1 Å². The van der Waals surface area contributed by atoms with Crippen LogP contribution in [0.25, 0.3) is 15.7 Å². The van der Waals surface area contributed by atoms with Crippen LogP contribution in [0.5, 0.6) is 0 Å². The summed E-state index contributed by atoms with van der Waals surface area (Å²) in [6.45, 7) is 0. The molecule has 0 N–H and O–H groups in total. The Labute approximate surface area is 160 Å². The van der Waals surface area contributed by atoms with Gasteiger partial charge in [0.25, 0.3) is 0 Å². The maximum atomic E-state index is 13.2. The van der Waals surface area contributed by atoms with Gasteiger partial charge in [0.2, 0.25) is 0 Å². The lowest BCUT2D eigenvalue weighted by Gasteiger charge is -2.19. The van der Waals surface area contributed by atoms with Crippen LogP contribution in [0.15, 0.2) is 53.3 Å². The molecule has 2 aliphatic rings. The van der Waals surface area contributed by atoms with Crippen molar-refractivity contribution in [2.75, 3.05) is 0 Å². The molecule has 0 radical (unpaired) electrons. The maximum Gasteiger partial charge on any atom is 0.195 e. The van der Waals surface area contributed by atoms with Crippen molar-refractivity contribution in [1.82, 2.24) is 0 Å². The van der Waals surface area contributed by atoms with E-state index in [-0.39, 0.29) is 17.0 Å². The Hall–Kier alpha value is -2.85. The first-order chi connectivity index (χ1) is 13.1. The van der Waals surface area contributed by atoms with Gasteiger partial charge in [-0.05, 0) is 43.4 Å². The fourth-order valence-electron chi connectivity index (χ4n) is 4.01. The van der Waals surface area contributed by atoms with E-state index in [1.165, 1.54) is 23.3 Å². The molecule has 1 heterocycles. The Balaban J connectivity index is 1.82. The molecule has 4 heteroatoms. The standard InChI is InChI=1S/C23H16O3S/c24-18-12-19(13-6-2-1-3-7-13)27-23-16(18)10-11-17-20(23)22(26)15-9-5-4-8-14(15)21(17)25/h4-6,8-12H,1-3,7H2. The van der Waals surface area contributed by atoms with Gasteiger partial charge >= 0.3 is 0 Å². The Kier molecular flexibility index (Phi) is 3.69. The van der Waals surface area contributed by atoms with Gasteiger partial charge in [0.15, 0.2) is 17.0 Å². The average molecular weight is 372 g/mol. The van der Waals surface area contributed by atoms with Gasteiger partial charge in [0, 0.05) is 33.0 Å². The van der Waals surface area contributed by atoms with Crippen LogP contribution in [-0.4, -0.2) is 11.6 Å². The smallest absolute Gasteiger partial charge is 0.195 e. The van der Waals surface area contributed by atoms with Gasteiger partial charge < -0.3 is 0 Å². The SMILES string of the molecule is O=C1c2ccccc2C(=O)c2c1ccc1c(=O)cc(C3=CCCCC3)sc21. The molecule has 2 aliphatic carbocycles. The molecule has 0 saturated heterocycles. The summed E-state index contributed by atoms with van der Waals surface area (Å²) < 4.78 is 0.634. The fourth-order valence-corrected chi connectivity index (χ4v) is 5.30. The number of hydrogen-bond acceptors (Lipinski definition) is 4. The molecule has 0 spiro atoms. The van der Waals surface area contributed by atoms with Crippen LogP contribution in [0, 0.1) is 0 Å². The van der Waals surface area contributed by atoms with Crippen molar-refractivity contribution in [3.63, 3.8) is 0 Å². The quantitative estimate of drug-likeness (QED) is 0.473. The number of carbonyl (C=O) groups excluding carboxylic acids is 2. The first kappa shape index (κ1) is 16.3. The van der Waals surface area contributed by atoms with Crippen molar-refractivity contribution in [1.29, 1.82) is 0 Å². The second-order valence-electron chi connectivity index (χ2n) is 7.02. The molecule has 5 rings (SSSR count). The number of hydrogen-bond donors (Lipinski definition) is 0. The Morgan fingerprint density at radius 3 is 2.33 bits per heavy atom. The van der Waals surface area contributed by atoms with E-state index in [1.54, 1.807) is 42.5 Å². The molecule has 0 aliphatic heterocycles. The summed E-state index contributed by atoms with van der Waals surface area (Å²) in [6.07, 6.45) is 6.45. The summed E-state index contributed by atoms with van der Waals surface area (Å²) in [4.78, 5) is 39.8. The molecule has 0 unspecified atom stereocenters. The zero-order valence-corrected chi connectivity index (χ0v) is 15.4. The molecule has 1 aromatic heterocycles. The summed E-state index contributed by atoms with van der Waals surface area (Å²) >= 11 is 1.46. The van der Waals surface area contributed by atoms with E-state index >= 15 is 0 Å². The lowest BCUT2D eigenvalue weighted by molar-refractivity contribution is 0.0980. The number of rotatable bonds is 1. The zero-order valence-electron chi connectivity index (χ0n) is 14.6. The summed E-state index contributed by atoms with van der Waals surface area (Å²) in [6, 6.07) is 11.9. The third-order valence-corrected chi connectivity index (χ3v) is 6.62.